The number of hydrogen-bond acceptors (Lipinski definition) is 7. The molecule has 0 saturated carbocycles. The zero-order chi connectivity index (χ0) is 7.84. The molecule has 0 aromatic heterocycles. The van der Waals surface area contributed by atoms with Gasteiger partial charge >= 0.3 is 88.4 Å². The minimum absolute atomic E-state index is 0. The van der Waals surface area contributed by atoms with E-state index in [9.17, 15) is 0 Å². The molecule has 0 aromatic rings. The first-order valence-corrected chi connectivity index (χ1v) is 2.87. The molecule has 2 aliphatic rings. The molecule has 2 heterocycles. The Labute approximate surface area is 126 Å². The second-order valence-corrected chi connectivity index (χ2v) is 1.87. The molecule has 2 fully saturated rings. The number of rotatable bonds is 0. The van der Waals surface area contributed by atoms with Gasteiger partial charge in [-0.2, -0.15) is 0 Å². The first kappa shape index (κ1) is 18.3. The van der Waals surface area contributed by atoms with E-state index >= 15 is 0 Å². The second kappa shape index (κ2) is 8.09. The Hall–Kier alpha value is 1.94. The molecule has 68 valence electrons. The van der Waals surface area contributed by atoms with Crippen LogP contribution in [0.2, 0.25) is 0 Å². The van der Waals surface area contributed by atoms with Crippen LogP contribution in [0.15, 0.2) is 0 Å². The van der Waals surface area contributed by atoms with Gasteiger partial charge in [0.25, 0.3) is 0 Å². The monoisotopic (exact) mass is 224 g/mol. The normalized spacial score (nSPS) is 19.3. The average Bonchev–Trinajstić information content (AvgIpc) is 1.82. The third-order valence-electron chi connectivity index (χ3n) is 1.13. The molecule has 2 aliphatic heterocycles. The van der Waals surface area contributed by atoms with Crippen LogP contribution in [0.4, 0.5) is 0 Å². The summed E-state index contributed by atoms with van der Waals surface area (Å²) in [5, 5.41) is 17.5. The molecule has 0 aliphatic carbocycles. The van der Waals surface area contributed by atoms with Gasteiger partial charge in [-0.1, -0.05) is 0 Å². The molecule has 8 nitrogen and oxygen atoms in total. The molecule has 0 amide bonds. The molecule has 2 rings (SSSR count). The van der Waals surface area contributed by atoms with Crippen LogP contribution in [0, 0.1) is 0 Å². The van der Waals surface area contributed by atoms with Gasteiger partial charge in [-0.25, -0.2) is 0 Å². The van der Waals surface area contributed by atoms with Crippen LogP contribution >= 0.6 is 0 Å². The molecule has 14 heteroatoms. The summed E-state index contributed by atoms with van der Waals surface area (Å²) in [7, 11) is -5.20. The van der Waals surface area contributed by atoms with Gasteiger partial charge in [0, 0.05) is 0 Å². The Morgan fingerprint density at radius 3 is 1.21 bits per heavy atom. The van der Waals surface area contributed by atoms with Crippen molar-refractivity contribution in [2.75, 3.05) is 0 Å². The Balaban J connectivity index is 0. The van der Waals surface area contributed by atoms with E-state index in [1.807, 2.05) is 0 Å². The van der Waals surface area contributed by atoms with Gasteiger partial charge in [-0.3, -0.25) is 0 Å². The quantitative estimate of drug-likeness (QED) is 0.394. The topological polar surface area (TPSA) is 118 Å². The maximum atomic E-state index is 8.74. The Morgan fingerprint density at radius 1 is 0.643 bits per heavy atom. The van der Waals surface area contributed by atoms with E-state index in [0.717, 1.165) is 0 Å². The maximum absolute atomic E-state index is 8.74. The van der Waals surface area contributed by atoms with Gasteiger partial charge in [-0.05, 0) is 0 Å². The van der Waals surface area contributed by atoms with Crippen molar-refractivity contribution in [2.24, 2.45) is 0 Å². The second-order valence-electron chi connectivity index (χ2n) is 1.87. The van der Waals surface area contributed by atoms with Crippen LogP contribution in [0.3, 0.4) is 0 Å². The zero-order valence-electron chi connectivity index (χ0n) is 5.75. The van der Waals surface area contributed by atoms with E-state index in [2.05, 4.69) is 22.9 Å². The van der Waals surface area contributed by atoms with E-state index in [4.69, 9.17) is 10.0 Å². The predicted octanol–water partition coefficient (Wildman–Crippen LogP) is -5.10. The SMILES string of the molecule is O.OB1OB2OB(O)OB(O1)O2.[NaH].[NaH]. The molecule has 0 aromatic carbocycles. The Morgan fingerprint density at radius 2 is 0.929 bits per heavy atom. The van der Waals surface area contributed by atoms with Crippen molar-refractivity contribution < 1.29 is 38.4 Å². The van der Waals surface area contributed by atoms with E-state index in [1.165, 1.54) is 0 Å². The predicted molar refractivity (Wildman–Crippen MR) is 50.8 cm³/mol. The van der Waals surface area contributed by atoms with E-state index in [0.29, 0.717) is 0 Å². The molecule has 2 saturated heterocycles. The van der Waals surface area contributed by atoms with Crippen molar-refractivity contribution in [3.63, 3.8) is 0 Å². The van der Waals surface area contributed by atoms with Crippen LogP contribution < -0.4 is 0 Å². The van der Waals surface area contributed by atoms with E-state index in [1.54, 1.807) is 0 Å². The van der Waals surface area contributed by atoms with Crippen molar-refractivity contribution >= 4 is 88.4 Å². The summed E-state index contributed by atoms with van der Waals surface area (Å²) in [6.45, 7) is 0. The van der Waals surface area contributed by atoms with Crippen LogP contribution in [-0.2, 0) is 22.9 Å². The fourth-order valence-corrected chi connectivity index (χ4v) is 0.728. The van der Waals surface area contributed by atoms with E-state index in [-0.39, 0.29) is 64.6 Å². The molecule has 0 spiro atoms. The fourth-order valence-electron chi connectivity index (χ4n) is 0.728. The first-order valence-electron chi connectivity index (χ1n) is 2.87. The van der Waals surface area contributed by atoms with Crippen molar-refractivity contribution in [2.45, 2.75) is 0 Å². The van der Waals surface area contributed by atoms with Crippen LogP contribution in [0.25, 0.3) is 0 Å². The van der Waals surface area contributed by atoms with Gasteiger partial charge in [0.15, 0.2) is 0 Å². The minimum atomic E-state index is -1.45. The molecule has 4 N–H and O–H groups in total. The summed E-state index contributed by atoms with van der Waals surface area (Å²) < 4.78 is 22.6. The zero-order valence-corrected chi connectivity index (χ0v) is 5.75. The fraction of sp³-hybridized carbons (Fsp3) is 0. The number of fused-ring (bicyclic) bond motifs is 2. The van der Waals surface area contributed by atoms with Crippen LogP contribution in [0.1, 0.15) is 0 Å². The van der Waals surface area contributed by atoms with E-state index < -0.39 is 29.3 Å². The van der Waals surface area contributed by atoms with Gasteiger partial charge in [0.05, 0.1) is 0 Å². The summed E-state index contributed by atoms with van der Waals surface area (Å²) in [5.41, 5.74) is 0. The standard InChI is InChI=1S/B4H2O7.2Na.H2O.2H/c5-1-7-3-9-2(6)10-4(8-1)11-3;;;;;/h5-6H;;;1H2;;. The Bertz CT molecular complexity index is 125. The molecule has 0 atom stereocenters. The van der Waals surface area contributed by atoms with Gasteiger partial charge in [0.1, 0.15) is 0 Å². The van der Waals surface area contributed by atoms with Gasteiger partial charge in [-0.15, -0.1) is 0 Å². The summed E-state index contributed by atoms with van der Waals surface area (Å²) in [5.74, 6) is 0. The van der Waals surface area contributed by atoms with Gasteiger partial charge in [0.2, 0.25) is 0 Å². The van der Waals surface area contributed by atoms with Crippen molar-refractivity contribution in [3.8, 4) is 0 Å². The molecule has 14 heavy (non-hydrogen) atoms. The molecular formula is H6B4Na2O8. The first-order chi connectivity index (χ1) is 5.24. The van der Waals surface area contributed by atoms with Gasteiger partial charge < -0.3 is 38.4 Å². The molecule has 2 bridgehead atoms. The van der Waals surface area contributed by atoms with Crippen LogP contribution in [-0.4, -0.2) is 104 Å². The molecule has 0 unspecified atom stereocenters. The Kier molecular flexibility index (Phi) is 10.6. The summed E-state index contributed by atoms with van der Waals surface area (Å²) in [6, 6.07) is 0. The third-order valence-corrected chi connectivity index (χ3v) is 1.13. The van der Waals surface area contributed by atoms with Crippen LogP contribution in [0.5, 0.6) is 0 Å². The molecule has 0 radical (unpaired) electrons. The summed E-state index contributed by atoms with van der Waals surface area (Å²) >= 11 is 0. The van der Waals surface area contributed by atoms with Crippen molar-refractivity contribution in [3.05, 3.63) is 0 Å². The van der Waals surface area contributed by atoms with Crippen molar-refractivity contribution in [1.29, 1.82) is 0 Å². The average molecular weight is 223 g/mol. The number of hydrogen-bond donors (Lipinski definition) is 2. The van der Waals surface area contributed by atoms with Crippen molar-refractivity contribution in [1.82, 2.24) is 0 Å². The summed E-state index contributed by atoms with van der Waals surface area (Å²) in [4.78, 5) is 0. The summed E-state index contributed by atoms with van der Waals surface area (Å²) in [6.07, 6.45) is 0. The third kappa shape index (κ3) is 4.85. The molecular weight excluding hydrogens is 217 g/mol.